The Morgan fingerprint density at radius 3 is 2.36 bits per heavy atom. The zero-order valence-corrected chi connectivity index (χ0v) is 9.08. The van der Waals surface area contributed by atoms with Crippen LogP contribution in [-0.2, 0) is 0 Å². The van der Waals surface area contributed by atoms with Crippen molar-refractivity contribution in [3.05, 3.63) is 22.7 Å². The molecule has 0 rings (SSSR count). The van der Waals surface area contributed by atoms with Gasteiger partial charge < -0.3 is 0 Å². The Kier molecular flexibility index (Phi) is 6.63. The molecule has 0 aliphatic rings. The van der Waals surface area contributed by atoms with Gasteiger partial charge in [-0.15, -0.1) is 0 Å². The predicted octanol–water partition coefficient (Wildman–Crippen LogP) is 4.42. The first-order chi connectivity index (χ1) is 5.20. The van der Waals surface area contributed by atoms with Gasteiger partial charge in [-0.3, -0.25) is 0 Å². The van der Waals surface area contributed by atoms with Crippen molar-refractivity contribution in [2.75, 3.05) is 0 Å². The lowest BCUT2D eigenvalue weighted by atomic mass is 10.1. The largest absolute Gasteiger partial charge is 0.0888 e. The van der Waals surface area contributed by atoms with Gasteiger partial charge in [0.2, 0.25) is 0 Å². The van der Waals surface area contributed by atoms with E-state index in [2.05, 4.69) is 42.4 Å². The van der Waals surface area contributed by atoms with E-state index < -0.39 is 0 Å². The smallest absolute Gasteiger partial charge is 0.0118 e. The van der Waals surface area contributed by atoms with Crippen molar-refractivity contribution < 1.29 is 0 Å². The van der Waals surface area contributed by atoms with Crippen LogP contribution in [0.2, 0.25) is 0 Å². The molecule has 0 amide bonds. The van der Waals surface area contributed by atoms with Gasteiger partial charge in [0, 0.05) is 0 Å². The summed E-state index contributed by atoms with van der Waals surface area (Å²) in [6.07, 6.45) is 6.87. The summed E-state index contributed by atoms with van der Waals surface area (Å²) in [5.74, 6) is 0. The fourth-order valence-electron chi connectivity index (χ4n) is 1.01. The summed E-state index contributed by atoms with van der Waals surface area (Å²) >= 11 is 3.36. The molecule has 0 saturated heterocycles. The SMILES string of the molecule is C=C(Br)CC/C(=C/CC)CC. The van der Waals surface area contributed by atoms with Crippen molar-refractivity contribution in [1.29, 1.82) is 0 Å². The van der Waals surface area contributed by atoms with Gasteiger partial charge in [-0.05, 0) is 30.2 Å². The fraction of sp³-hybridized carbons (Fsp3) is 0.600. The van der Waals surface area contributed by atoms with Gasteiger partial charge in [0.25, 0.3) is 0 Å². The second kappa shape index (κ2) is 6.66. The standard InChI is InChI=1S/C10H17Br/c1-4-6-10(5-2)8-7-9(3)11/h6H,3-5,7-8H2,1-2H3/b10-6+. The normalized spacial score (nSPS) is 11.7. The average Bonchev–Trinajstić information content (AvgIpc) is 1.97. The maximum atomic E-state index is 3.81. The highest BCUT2D eigenvalue weighted by Crippen LogP contribution is 2.17. The maximum absolute atomic E-state index is 3.81. The lowest BCUT2D eigenvalue weighted by Gasteiger charge is -2.02. The molecule has 11 heavy (non-hydrogen) atoms. The fourth-order valence-corrected chi connectivity index (χ4v) is 1.21. The van der Waals surface area contributed by atoms with E-state index in [1.54, 1.807) is 5.57 Å². The van der Waals surface area contributed by atoms with Gasteiger partial charge >= 0.3 is 0 Å². The van der Waals surface area contributed by atoms with Crippen molar-refractivity contribution in [2.24, 2.45) is 0 Å². The first kappa shape index (κ1) is 11.0. The van der Waals surface area contributed by atoms with E-state index in [0.717, 1.165) is 23.7 Å². The van der Waals surface area contributed by atoms with Crippen LogP contribution < -0.4 is 0 Å². The van der Waals surface area contributed by atoms with Crippen LogP contribution in [-0.4, -0.2) is 0 Å². The number of halogens is 1. The van der Waals surface area contributed by atoms with Crippen LogP contribution in [0, 0.1) is 0 Å². The Bertz CT molecular complexity index is 145. The Hall–Kier alpha value is -0.0400. The second-order valence-electron chi connectivity index (χ2n) is 2.64. The molecular formula is C10H17Br. The second-order valence-corrected chi connectivity index (χ2v) is 3.76. The quantitative estimate of drug-likeness (QED) is 0.598. The van der Waals surface area contributed by atoms with E-state index in [9.17, 15) is 0 Å². The van der Waals surface area contributed by atoms with Crippen LogP contribution in [0.25, 0.3) is 0 Å². The molecule has 0 heterocycles. The minimum absolute atomic E-state index is 1.07. The number of rotatable bonds is 5. The van der Waals surface area contributed by atoms with E-state index in [1.807, 2.05) is 0 Å². The van der Waals surface area contributed by atoms with E-state index in [1.165, 1.54) is 6.42 Å². The molecule has 0 saturated carbocycles. The van der Waals surface area contributed by atoms with Crippen LogP contribution in [0.15, 0.2) is 22.7 Å². The average molecular weight is 217 g/mol. The molecular weight excluding hydrogens is 200 g/mol. The summed E-state index contributed by atoms with van der Waals surface area (Å²) in [5.41, 5.74) is 1.55. The Morgan fingerprint density at radius 2 is 2.00 bits per heavy atom. The molecule has 0 radical (unpaired) electrons. The molecule has 0 aromatic rings. The van der Waals surface area contributed by atoms with Crippen molar-refractivity contribution in [3.63, 3.8) is 0 Å². The predicted molar refractivity (Wildman–Crippen MR) is 56.0 cm³/mol. The summed E-state index contributed by atoms with van der Waals surface area (Å²) in [6.45, 7) is 8.20. The zero-order chi connectivity index (χ0) is 8.69. The first-order valence-corrected chi connectivity index (χ1v) is 5.01. The summed E-state index contributed by atoms with van der Waals surface area (Å²) in [7, 11) is 0. The van der Waals surface area contributed by atoms with Gasteiger partial charge in [0.1, 0.15) is 0 Å². The van der Waals surface area contributed by atoms with Crippen LogP contribution >= 0.6 is 15.9 Å². The molecule has 0 aromatic carbocycles. The van der Waals surface area contributed by atoms with Gasteiger partial charge in [0.15, 0.2) is 0 Å². The molecule has 0 nitrogen and oxygen atoms in total. The summed E-state index contributed by atoms with van der Waals surface area (Å²) in [5, 5.41) is 0. The number of hydrogen-bond donors (Lipinski definition) is 0. The number of hydrogen-bond acceptors (Lipinski definition) is 0. The van der Waals surface area contributed by atoms with E-state index in [4.69, 9.17) is 0 Å². The van der Waals surface area contributed by atoms with Crippen LogP contribution in [0.1, 0.15) is 39.5 Å². The number of allylic oxidation sites excluding steroid dienone is 3. The van der Waals surface area contributed by atoms with Gasteiger partial charge in [0.05, 0.1) is 0 Å². The van der Waals surface area contributed by atoms with Crippen LogP contribution in [0.3, 0.4) is 0 Å². The van der Waals surface area contributed by atoms with Crippen LogP contribution in [0.5, 0.6) is 0 Å². The van der Waals surface area contributed by atoms with Gasteiger partial charge in [-0.25, -0.2) is 0 Å². The third-order valence-electron chi connectivity index (χ3n) is 1.66. The summed E-state index contributed by atoms with van der Waals surface area (Å²) < 4.78 is 1.10. The Balaban J connectivity index is 3.69. The topological polar surface area (TPSA) is 0 Å². The first-order valence-electron chi connectivity index (χ1n) is 4.21. The van der Waals surface area contributed by atoms with E-state index >= 15 is 0 Å². The van der Waals surface area contributed by atoms with E-state index in [-0.39, 0.29) is 0 Å². The Morgan fingerprint density at radius 1 is 1.36 bits per heavy atom. The molecule has 0 aliphatic carbocycles. The molecule has 0 unspecified atom stereocenters. The molecule has 0 atom stereocenters. The van der Waals surface area contributed by atoms with Crippen LogP contribution in [0.4, 0.5) is 0 Å². The molecule has 0 aromatic heterocycles. The highest BCUT2D eigenvalue weighted by Gasteiger charge is 1.94. The molecule has 0 bridgehead atoms. The summed E-state index contributed by atoms with van der Waals surface area (Å²) in [6, 6.07) is 0. The minimum Gasteiger partial charge on any atom is -0.0888 e. The Labute approximate surface area is 78.5 Å². The third kappa shape index (κ3) is 6.36. The van der Waals surface area contributed by atoms with Crippen molar-refractivity contribution in [3.8, 4) is 0 Å². The van der Waals surface area contributed by atoms with Gasteiger partial charge in [-0.2, -0.15) is 0 Å². The molecule has 0 fully saturated rings. The maximum Gasteiger partial charge on any atom is -0.0118 e. The zero-order valence-electron chi connectivity index (χ0n) is 7.49. The van der Waals surface area contributed by atoms with Gasteiger partial charge in [-0.1, -0.05) is 48.0 Å². The minimum atomic E-state index is 1.07. The van der Waals surface area contributed by atoms with Crippen molar-refractivity contribution >= 4 is 15.9 Å². The van der Waals surface area contributed by atoms with E-state index in [0.29, 0.717) is 0 Å². The third-order valence-corrected chi connectivity index (χ3v) is 2.06. The molecule has 0 N–H and O–H groups in total. The molecule has 0 aliphatic heterocycles. The lowest BCUT2D eigenvalue weighted by Crippen LogP contribution is -1.81. The van der Waals surface area contributed by atoms with Crippen molar-refractivity contribution in [2.45, 2.75) is 39.5 Å². The summed E-state index contributed by atoms with van der Waals surface area (Å²) in [4.78, 5) is 0. The molecule has 64 valence electrons. The highest BCUT2D eigenvalue weighted by molar-refractivity contribution is 9.11. The monoisotopic (exact) mass is 216 g/mol. The molecule has 1 heteroatoms. The lowest BCUT2D eigenvalue weighted by molar-refractivity contribution is 0.891. The van der Waals surface area contributed by atoms with Crippen molar-refractivity contribution in [1.82, 2.24) is 0 Å². The highest BCUT2D eigenvalue weighted by atomic mass is 79.9. The molecule has 0 spiro atoms.